The minimum atomic E-state index is -1.90. The zero-order valence-electron chi connectivity index (χ0n) is 6.99. The molecule has 0 saturated carbocycles. The topological polar surface area (TPSA) is 9.23 Å². The maximum atomic E-state index is 5.71. The third-order valence-electron chi connectivity index (χ3n) is 1.42. The van der Waals surface area contributed by atoms with Crippen LogP contribution >= 0.6 is 69.6 Å². The lowest BCUT2D eigenvalue weighted by atomic mass is 10.2. The van der Waals surface area contributed by atoms with Crippen molar-refractivity contribution in [2.75, 3.05) is 0 Å². The van der Waals surface area contributed by atoms with Crippen LogP contribution in [0.4, 0.5) is 0 Å². The molecule has 0 heterocycles. The summed E-state index contributed by atoms with van der Waals surface area (Å²) >= 11 is 33.5. The summed E-state index contributed by atoms with van der Waals surface area (Å²) in [6.45, 7) is 0. The van der Waals surface area contributed by atoms with Crippen LogP contribution in [0.25, 0.3) is 0 Å². The zero-order valence-corrected chi connectivity index (χ0v) is 11.5. The van der Waals surface area contributed by atoms with Gasteiger partial charge in [-0.2, -0.15) is 0 Å². The molecule has 15 heavy (non-hydrogen) atoms. The Morgan fingerprint density at radius 2 is 1.40 bits per heavy atom. The Hall–Kier alpha value is 0.760. The van der Waals surface area contributed by atoms with Crippen LogP contribution in [0.5, 0.6) is 5.75 Å². The summed E-state index contributed by atoms with van der Waals surface area (Å²) in [6, 6.07) is 6.46. The predicted molar refractivity (Wildman–Crippen MR) is 66.6 cm³/mol. The molecule has 1 nitrogen and oxygen atoms in total. The number of para-hydroxylation sites is 1. The average molecular weight is 329 g/mol. The minimum absolute atomic E-state index is 0.206. The predicted octanol–water partition coefficient (Wildman–Crippen LogP) is 5.22. The Kier molecular flexibility index (Phi) is 4.56. The van der Waals surface area contributed by atoms with E-state index in [0.29, 0.717) is 5.56 Å². The molecule has 0 saturated heterocycles. The largest absolute Gasteiger partial charge is 0.445 e. The third-order valence-corrected chi connectivity index (χ3v) is 2.26. The first-order chi connectivity index (χ1) is 6.70. The summed E-state index contributed by atoms with van der Waals surface area (Å²) in [6.07, 6.45) is 0. The lowest BCUT2D eigenvalue weighted by Gasteiger charge is -2.20. The third kappa shape index (κ3) is 4.64. The van der Waals surface area contributed by atoms with Gasteiger partial charge in [-0.25, -0.2) is 0 Å². The SMILES string of the molecule is ClC(Cl)(Cl)Oc1ccccc1C(Cl)(Cl)Cl. The molecule has 1 rings (SSSR count). The number of alkyl halides is 6. The minimum Gasteiger partial charge on any atom is -0.445 e. The van der Waals surface area contributed by atoms with Gasteiger partial charge in [0.15, 0.2) is 0 Å². The highest BCUT2D eigenvalue weighted by Crippen LogP contribution is 2.44. The second-order valence-electron chi connectivity index (χ2n) is 2.54. The van der Waals surface area contributed by atoms with Gasteiger partial charge < -0.3 is 4.74 Å². The van der Waals surface area contributed by atoms with Gasteiger partial charge >= 0.3 is 3.98 Å². The fourth-order valence-corrected chi connectivity index (χ4v) is 1.63. The lowest BCUT2D eigenvalue weighted by Crippen LogP contribution is -2.15. The summed E-state index contributed by atoms with van der Waals surface area (Å²) in [7, 11) is 0. The fraction of sp³-hybridized carbons (Fsp3) is 0.250. The highest BCUT2D eigenvalue weighted by Gasteiger charge is 2.30. The molecule has 0 unspecified atom stereocenters. The van der Waals surface area contributed by atoms with E-state index in [1.807, 2.05) is 0 Å². The number of hydrogen-bond acceptors (Lipinski definition) is 1. The first-order valence-electron chi connectivity index (χ1n) is 3.62. The molecule has 0 aliphatic heterocycles. The number of hydrogen-bond donors (Lipinski definition) is 0. The van der Waals surface area contributed by atoms with Gasteiger partial charge in [-0.1, -0.05) is 53.0 Å². The Morgan fingerprint density at radius 1 is 0.867 bits per heavy atom. The number of rotatable bonds is 1. The summed E-state index contributed by atoms with van der Waals surface area (Å²) in [5.41, 5.74) is 0.307. The van der Waals surface area contributed by atoms with Crippen LogP contribution in [0.3, 0.4) is 0 Å². The van der Waals surface area contributed by atoms with Crippen LogP contribution in [0.15, 0.2) is 24.3 Å². The van der Waals surface area contributed by atoms with Crippen LogP contribution in [-0.2, 0) is 3.79 Å². The molecule has 0 atom stereocenters. The van der Waals surface area contributed by atoms with E-state index in [-0.39, 0.29) is 5.75 Å². The molecule has 0 spiro atoms. The first-order valence-corrected chi connectivity index (χ1v) is 5.89. The van der Waals surface area contributed by atoms with Gasteiger partial charge in [0, 0.05) is 5.56 Å². The molecule has 1 aromatic rings. The average Bonchev–Trinajstić information content (AvgIpc) is 1.99. The number of halogens is 6. The van der Waals surface area contributed by atoms with Crippen molar-refractivity contribution in [3.63, 3.8) is 0 Å². The van der Waals surface area contributed by atoms with Crippen molar-refractivity contribution in [3.05, 3.63) is 29.8 Å². The first kappa shape index (κ1) is 13.8. The van der Waals surface area contributed by atoms with Crippen molar-refractivity contribution in [2.24, 2.45) is 0 Å². The Bertz CT molecular complexity index is 340. The monoisotopic (exact) mass is 326 g/mol. The molecule has 0 radical (unpaired) electrons. The van der Waals surface area contributed by atoms with Crippen molar-refractivity contribution >= 4 is 69.6 Å². The van der Waals surface area contributed by atoms with E-state index in [4.69, 9.17) is 74.3 Å². The molecule has 7 heteroatoms. The van der Waals surface area contributed by atoms with Crippen LogP contribution in [0.2, 0.25) is 0 Å². The molecular formula is C8H4Cl6O. The molecule has 0 aliphatic carbocycles. The highest BCUT2D eigenvalue weighted by molar-refractivity contribution is 6.67. The molecule has 0 fully saturated rings. The number of benzene rings is 1. The van der Waals surface area contributed by atoms with E-state index < -0.39 is 7.77 Å². The van der Waals surface area contributed by atoms with E-state index in [1.165, 1.54) is 0 Å². The molecule has 84 valence electrons. The number of ether oxygens (including phenoxy) is 1. The van der Waals surface area contributed by atoms with Gasteiger partial charge in [-0.3, -0.25) is 0 Å². The Labute approximate surface area is 117 Å². The molecule has 0 aromatic heterocycles. The second-order valence-corrected chi connectivity index (χ2v) is 7.00. The van der Waals surface area contributed by atoms with Gasteiger partial charge in [0.25, 0.3) is 0 Å². The maximum absolute atomic E-state index is 5.71. The summed E-state index contributed by atoms with van der Waals surface area (Å²) in [5, 5.41) is 0. The van der Waals surface area contributed by atoms with Crippen molar-refractivity contribution in [2.45, 2.75) is 7.77 Å². The smallest absolute Gasteiger partial charge is 0.338 e. The van der Waals surface area contributed by atoms with Gasteiger partial charge in [0.05, 0.1) is 0 Å². The molecule has 0 bridgehead atoms. The summed E-state index contributed by atoms with van der Waals surface area (Å²) < 4.78 is 1.47. The quantitative estimate of drug-likeness (QED) is 0.642. The van der Waals surface area contributed by atoms with Crippen molar-refractivity contribution in [1.82, 2.24) is 0 Å². The van der Waals surface area contributed by atoms with Gasteiger partial charge in [-0.15, -0.1) is 0 Å². The molecule has 0 amide bonds. The summed E-state index contributed by atoms with van der Waals surface area (Å²) in [5.74, 6) is 0.206. The molecule has 1 aromatic carbocycles. The summed E-state index contributed by atoms with van der Waals surface area (Å²) in [4.78, 5) is 0. The van der Waals surface area contributed by atoms with E-state index in [1.54, 1.807) is 24.3 Å². The van der Waals surface area contributed by atoms with Gasteiger partial charge in [0.2, 0.25) is 3.79 Å². The molecule has 0 N–H and O–H groups in total. The van der Waals surface area contributed by atoms with E-state index in [9.17, 15) is 0 Å². The van der Waals surface area contributed by atoms with E-state index in [2.05, 4.69) is 0 Å². The maximum Gasteiger partial charge on any atom is 0.338 e. The van der Waals surface area contributed by atoms with Gasteiger partial charge in [0.1, 0.15) is 5.75 Å². The highest BCUT2D eigenvalue weighted by atomic mass is 35.6. The van der Waals surface area contributed by atoms with E-state index in [0.717, 1.165) is 0 Å². The standard InChI is InChI=1S/C8H4Cl6O/c9-7(10,11)5-3-1-2-4-6(5)15-8(12,13)14/h1-4H. The molecule has 0 aliphatic rings. The van der Waals surface area contributed by atoms with Crippen LogP contribution in [-0.4, -0.2) is 3.98 Å². The lowest BCUT2D eigenvalue weighted by molar-refractivity contribution is 0.317. The van der Waals surface area contributed by atoms with Gasteiger partial charge in [-0.05, 0) is 40.9 Å². The Balaban J connectivity index is 3.08. The van der Waals surface area contributed by atoms with Crippen LogP contribution in [0, 0.1) is 0 Å². The van der Waals surface area contributed by atoms with Crippen molar-refractivity contribution in [3.8, 4) is 5.75 Å². The van der Waals surface area contributed by atoms with E-state index >= 15 is 0 Å². The van der Waals surface area contributed by atoms with Crippen LogP contribution < -0.4 is 4.74 Å². The van der Waals surface area contributed by atoms with Crippen molar-refractivity contribution in [1.29, 1.82) is 0 Å². The Morgan fingerprint density at radius 3 is 1.87 bits per heavy atom. The normalized spacial score (nSPS) is 12.7. The van der Waals surface area contributed by atoms with Crippen molar-refractivity contribution < 1.29 is 4.74 Å². The second kappa shape index (κ2) is 4.95. The zero-order chi connectivity index (χ0) is 11.7. The molecular weight excluding hydrogens is 325 g/mol. The van der Waals surface area contributed by atoms with Crippen LogP contribution in [0.1, 0.15) is 5.56 Å². The fourth-order valence-electron chi connectivity index (χ4n) is 0.915.